The lowest BCUT2D eigenvalue weighted by molar-refractivity contribution is -0.122. The maximum Gasteiger partial charge on any atom is 0.223 e. The van der Waals surface area contributed by atoms with Crippen molar-refractivity contribution in [3.8, 4) is 16.9 Å². The number of para-hydroxylation sites is 1. The van der Waals surface area contributed by atoms with Gasteiger partial charge < -0.3 is 15.8 Å². The maximum atomic E-state index is 12.2. The van der Waals surface area contributed by atoms with E-state index in [-0.39, 0.29) is 11.9 Å². The zero-order valence-electron chi connectivity index (χ0n) is 14.5. The minimum atomic E-state index is 0.0440. The first-order valence-electron chi connectivity index (χ1n) is 9.04. The van der Waals surface area contributed by atoms with Crippen LogP contribution in [0.5, 0.6) is 5.75 Å². The number of nitrogens with two attached hydrogens (primary N) is 1. The molecule has 0 aliphatic heterocycles. The number of carbonyl (C=O) groups excluding carboxylic acids is 1. The summed E-state index contributed by atoms with van der Waals surface area (Å²) < 4.78 is 5.89. The Balaban J connectivity index is 1.53. The molecule has 0 bridgehead atoms. The average Bonchev–Trinajstić information content (AvgIpc) is 3.10. The summed E-state index contributed by atoms with van der Waals surface area (Å²) in [6.07, 6.45) is 3.65. The molecule has 4 heteroatoms. The SMILES string of the molecule is NCC1CCCC1NC(=O)CCOc1ccccc1-c1ccccc1. The summed E-state index contributed by atoms with van der Waals surface area (Å²) in [6.45, 7) is 1.02. The second kappa shape index (κ2) is 8.67. The topological polar surface area (TPSA) is 64.3 Å². The Labute approximate surface area is 149 Å². The fourth-order valence-electron chi connectivity index (χ4n) is 3.49. The number of carbonyl (C=O) groups is 1. The molecule has 1 aliphatic rings. The Bertz CT molecular complexity index is 687. The van der Waals surface area contributed by atoms with Gasteiger partial charge in [0.2, 0.25) is 5.91 Å². The first-order valence-corrected chi connectivity index (χ1v) is 9.04. The molecule has 2 aromatic rings. The molecule has 1 saturated carbocycles. The third-order valence-electron chi connectivity index (χ3n) is 4.87. The Hall–Kier alpha value is -2.33. The zero-order chi connectivity index (χ0) is 17.5. The van der Waals surface area contributed by atoms with Crippen LogP contribution in [-0.2, 0) is 4.79 Å². The van der Waals surface area contributed by atoms with E-state index in [1.54, 1.807) is 0 Å². The Morgan fingerprint density at radius 2 is 1.84 bits per heavy atom. The molecule has 3 rings (SSSR count). The van der Waals surface area contributed by atoms with Crippen molar-refractivity contribution in [1.82, 2.24) is 5.32 Å². The molecule has 1 amide bonds. The van der Waals surface area contributed by atoms with Crippen molar-refractivity contribution in [2.24, 2.45) is 11.7 Å². The van der Waals surface area contributed by atoms with Crippen LogP contribution in [0.15, 0.2) is 54.6 Å². The molecule has 2 aromatic carbocycles. The second-order valence-electron chi connectivity index (χ2n) is 6.56. The van der Waals surface area contributed by atoms with E-state index in [9.17, 15) is 4.79 Å². The van der Waals surface area contributed by atoms with E-state index in [1.807, 2.05) is 42.5 Å². The molecule has 1 fully saturated rings. The number of rotatable bonds is 7. The molecule has 132 valence electrons. The quantitative estimate of drug-likeness (QED) is 0.813. The van der Waals surface area contributed by atoms with E-state index < -0.39 is 0 Å². The van der Waals surface area contributed by atoms with Crippen LogP contribution >= 0.6 is 0 Å². The maximum absolute atomic E-state index is 12.2. The lowest BCUT2D eigenvalue weighted by Gasteiger charge is -2.19. The monoisotopic (exact) mass is 338 g/mol. The number of hydrogen-bond donors (Lipinski definition) is 2. The molecule has 0 spiro atoms. The highest BCUT2D eigenvalue weighted by atomic mass is 16.5. The van der Waals surface area contributed by atoms with Gasteiger partial charge in [0.15, 0.2) is 0 Å². The van der Waals surface area contributed by atoms with Crippen molar-refractivity contribution in [3.05, 3.63) is 54.6 Å². The van der Waals surface area contributed by atoms with Crippen LogP contribution in [0.25, 0.3) is 11.1 Å². The van der Waals surface area contributed by atoms with Gasteiger partial charge in [-0.25, -0.2) is 0 Å². The van der Waals surface area contributed by atoms with Crippen molar-refractivity contribution in [2.75, 3.05) is 13.2 Å². The summed E-state index contributed by atoms with van der Waals surface area (Å²) >= 11 is 0. The van der Waals surface area contributed by atoms with Crippen LogP contribution in [0, 0.1) is 5.92 Å². The Morgan fingerprint density at radius 3 is 2.64 bits per heavy atom. The van der Waals surface area contributed by atoms with E-state index in [0.29, 0.717) is 25.5 Å². The van der Waals surface area contributed by atoms with Gasteiger partial charge in [-0.2, -0.15) is 0 Å². The first-order chi connectivity index (χ1) is 12.3. The third-order valence-corrected chi connectivity index (χ3v) is 4.87. The normalized spacial score (nSPS) is 19.6. The number of hydrogen-bond acceptors (Lipinski definition) is 3. The van der Waals surface area contributed by atoms with Crippen molar-refractivity contribution >= 4 is 5.91 Å². The number of amides is 1. The van der Waals surface area contributed by atoms with E-state index >= 15 is 0 Å². The van der Waals surface area contributed by atoms with Crippen molar-refractivity contribution in [3.63, 3.8) is 0 Å². The average molecular weight is 338 g/mol. The van der Waals surface area contributed by atoms with E-state index in [2.05, 4.69) is 17.4 Å². The van der Waals surface area contributed by atoms with Crippen LogP contribution < -0.4 is 15.8 Å². The molecule has 0 heterocycles. The van der Waals surface area contributed by atoms with Gasteiger partial charge in [0.1, 0.15) is 5.75 Å². The van der Waals surface area contributed by atoms with Gasteiger partial charge in [0.25, 0.3) is 0 Å². The Morgan fingerprint density at radius 1 is 1.08 bits per heavy atom. The zero-order valence-corrected chi connectivity index (χ0v) is 14.5. The lowest BCUT2D eigenvalue weighted by Crippen LogP contribution is -2.40. The fraction of sp³-hybridized carbons (Fsp3) is 0.381. The van der Waals surface area contributed by atoms with Gasteiger partial charge in [0, 0.05) is 11.6 Å². The summed E-state index contributed by atoms with van der Waals surface area (Å²) in [5, 5.41) is 3.11. The van der Waals surface area contributed by atoms with E-state index in [4.69, 9.17) is 10.5 Å². The van der Waals surface area contributed by atoms with E-state index in [0.717, 1.165) is 36.1 Å². The smallest absolute Gasteiger partial charge is 0.223 e. The van der Waals surface area contributed by atoms with Crippen LogP contribution in [-0.4, -0.2) is 25.1 Å². The van der Waals surface area contributed by atoms with Gasteiger partial charge >= 0.3 is 0 Å². The summed E-state index contributed by atoms with van der Waals surface area (Å²) in [5.41, 5.74) is 7.93. The number of nitrogens with one attached hydrogen (secondary N) is 1. The van der Waals surface area contributed by atoms with Crippen LogP contribution in [0.1, 0.15) is 25.7 Å². The minimum absolute atomic E-state index is 0.0440. The highest BCUT2D eigenvalue weighted by Crippen LogP contribution is 2.29. The standard InChI is InChI=1S/C21H26N2O2/c22-15-17-9-6-11-19(17)23-21(24)13-14-25-20-12-5-4-10-18(20)16-7-2-1-3-8-16/h1-5,7-8,10,12,17,19H,6,9,11,13-15,22H2,(H,23,24). The fourth-order valence-corrected chi connectivity index (χ4v) is 3.49. The number of benzene rings is 2. The molecular formula is C21H26N2O2. The third kappa shape index (κ3) is 4.60. The van der Waals surface area contributed by atoms with Gasteiger partial charge in [-0.15, -0.1) is 0 Å². The van der Waals surface area contributed by atoms with Crippen molar-refractivity contribution in [1.29, 1.82) is 0 Å². The van der Waals surface area contributed by atoms with Crippen molar-refractivity contribution in [2.45, 2.75) is 31.7 Å². The molecule has 4 nitrogen and oxygen atoms in total. The first kappa shape index (κ1) is 17.5. The molecule has 25 heavy (non-hydrogen) atoms. The van der Waals surface area contributed by atoms with E-state index in [1.165, 1.54) is 0 Å². The lowest BCUT2D eigenvalue weighted by atomic mass is 10.0. The largest absolute Gasteiger partial charge is 0.492 e. The summed E-state index contributed by atoms with van der Waals surface area (Å²) in [4.78, 5) is 12.2. The predicted molar refractivity (Wildman–Crippen MR) is 100 cm³/mol. The molecule has 2 unspecified atom stereocenters. The summed E-state index contributed by atoms with van der Waals surface area (Å²) in [7, 11) is 0. The molecular weight excluding hydrogens is 312 g/mol. The highest BCUT2D eigenvalue weighted by molar-refractivity contribution is 5.76. The number of ether oxygens (including phenoxy) is 1. The van der Waals surface area contributed by atoms with Gasteiger partial charge in [-0.1, -0.05) is 55.0 Å². The van der Waals surface area contributed by atoms with Gasteiger partial charge in [-0.3, -0.25) is 4.79 Å². The molecule has 3 N–H and O–H groups in total. The summed E-state index contributed by atoms with van der Waals surface area (Å²) in [5.74, 6) is 1.27. The summed E-state index contributed by atoms with van der Waals surface area (Å²) in [6, 6.07) is 18.3. The van der Waals surface area contributed by atoms with Crippen LogP contribution in [0.2, 0.25) is 0 Å². The van der Waals surface area contributed by atoms with Crippen molar-refractivity contribution < 1.29 is 9.53 Å². The molecule has 0 saturated heterocycles. The predicted octanol–water partition coefficient (Wildman–Crippen LogP) is 3.37. The molecule has 0 aromatic heterocycles. The van der Waals surface area contributed by atoms with Gasteiger partial charge in [0.05, 0.1) is 13.0 Å². The molecule has 2 atom stereocenters. The van der Waals surface area contributed by atoms with Gasteiger partial charge in [-0.05, 0) is 36.9 Å². The second-order valence-corrected chi connectivity index (χ2v) is 6.56. The molecule has 1 aliphatic carbocycles. The molecule has 0 radical (unpaired) electrons. The highest BCUT2D eigenvalue weighted by Gasteiger charge is 2.27. The Kier molecular flexibility index (Phi) is 6.07. The minimum Gasteiger partial charge on any atom is -0.492 e. The van der Waals surface area contributed by atoms with Crippen LogP contribution in [0.3, 0.4) is 0 Å². The van der Waals surface area contributed by atoms with Crippen LogP contribution in [0.4, 0.5) is 0 Å².